The molecule has 0 saturated carbocycles. The standard InChI is InChI=1S/C19H18N6/c1-13-3-2-4-14(7-13)9-22-18-10-21-11-19(24-18)25-12-23-16-8-15(20)5-6-17(16)25/h2-8,10-12H,9,20H2,1H3,(H,22,24). The van der Waals surface area contributed by atoms with Gasteiger partial charge in [0.05, 0.1) is 23.4 Å². The van der Waals surface area contributed by atoms with Crippen molar-refractivity contribution in [1.29, 1.82) is 0 Å². The summed E-state index contributed by atoms with van der Waals surface area (Å²) in [5, 5.41) is 3.32. The maximum atomic E-state index is 5.81. The Balaban J connectivity index is 1.60. The van der Waals surface area contributed by atoms with Crippen LogP contribution in [0.2, 0.25) is 0 Å². The fraction of sp³-hybridized carbons (Fsp3) is 0.105. The summed E-state index contributed by atoms with van der Waals surface area (Å²) in [4.78, 5) is 13.3. The Labute approximate surface area is 145 Å². The zero-order chi connectivity index (χ0) is 17.2. The van der Waals surface area contributed by atoms with Crippen molar-refractivity contribution < 1.29 is 0 Å². The average molecular weight is 330 g/mol. The van der Waals surface area contributed by atoms with Gasteiger partial charge >= 0.3 is 0 Å². The number of hydrogen-bond donors (Lipinski definition) is 2. The molecule has 6 heteroatoms. The van der Waals surface area contributed by atoms with Crippen LogP contribution in [0.25, 0.3) is 16.9 Å². The molecular weight excluding hydrogens is 312 g/mol. The Kier molecular flexibility index (Phi) is 3.78. The number of imidazole rings is 1. The number of hydrogen-bond acceptors (Lipinski definition) is 5. The molecule has 0 aliphatic heterocycles. The van der Waals surface area contributed by atoms with E-state index >= 15 is 0 Å². The number of aryl methyl sites for hydroxylation is 1. The molecule has 124 valence electrons. The van der Waals surface area contributed by atoms with Crippen molar-refractivity contribution in [3.63, 3.8) is 0 Å². The van der Waals surface area contributed by atoms with E-state index < -0.39 is 0 Å². The first-order valence-corrected chi connectivity index (χ1v) is 8.03. The maximum absolute atomic E-state index is 5.81. The van der Waals surface area contributed by atoms with Crippen LogP contribution in [0.4, 0.5) is 11.5 Å². The molecule has 0 aliphatic rings. The molecule has 4 aromatic rings. The normalized spacial score (nSPS) is 10.9. The van der Waals surface area contributed by atoms with E-state index in [1.165, 1.54) is 11.1 Å². The molecule has 2 heterocycles. The van der Waals surface area contributed by atoms with E-state index in [9.17, 15) is 0 Å². The van der Waals surface area contributed by atoms with E-state index in [4.69, 9.17) is 5.73 Å². The van der Waals surface area contributed by atoms with Crippen LogP contribution in [0.3, 0.4) is 0 Å². The second-order valence-corrected chi connectivity index (χ2v) is 5.97. The van der Waals surface area contributed by atoms with Crippen molar-refractivity contribution in [2.45, 2.75) is 13.5 Å². The highest BCUT2D eigenvalue weighted by atomic mass is 15.1. The van der Waals surface area contributed by atoms with Crippen LogP contribution in [0, 0.1) is 6.92 Å². The van der Waals surface area contributed by atoms with E-state index in [1.54, 1.807) is 18.7 Å². The molecule has 2 aromatic heterocycles. The van der Waals surface area contributed by atoms with E-state index in [1.807, 2.05) is 22.8 Å². The van der Waals surface area contributed by atoms with Crippen LogP contribution in [0.15, 0.2) is 61.2 Å². The third-order valence-corrected chi connectivity index (χ3v) is 4.00. The number of aromatic nitrogens is 4. The molecule has 0 amide bonds. The number of nitrogen functional groups attached to an aromatic ring is 1. The quantitative estimate of drug-likeness (QED) is 0.561. The number of nitrogens with one attached hydrogen (secondary N) is 1. The van der Waals surface area contributed by atoms with Crippen LogP contribution in [0.5, 0.6) is 0 Å². The van der Waals surface area contributed by atoms with Gasteiger partial charge in [0.15, 0.2) is 5.82 Å². The highest BCUT2D eigenvalue weighted by Gasteiger charge is 2.07. The number of nitrogens with two attached hydrogens (primary N) is 1. The van der Waals surface area contributed by atoms with E-state index in [-0.39, 0.29) is 0 Å². The Bertz CT molecular complexity index is 1040. The lowest BCUT2D eigenvalue weighted by Crippen LogP contribution is -2.05. The predicted octanol–water partition coefficient (Wildman–Crippen LogP) is 3.32. The smallest absolute Gasteiger partial charge is 0.159 e. The molecular formula is C19H18N6. The van der Waals surface area contributed by atoms with Gasteiger partial charge in [-0.1, -0.05) is 29.8 Å². The minimum atomic E-state index is 0.692. The summed E-state index contributed by atoms with van der Waals surface area (Å²) in [6, 6.07) is 14.0. The molecule has 0 spiro atoms. The topological polar surface area (TPSA) is 81.7 Å². The SMILES string of the molecule is Cc1cccc(CNc2cncc(-n3cnc4cc(N)ccc43)n2)c1. The lowest BCUT2D eigenvalue weighted by Gasteiger charge is -2.08. The molecule has 0 bridgehead atoms. The molecule has 6 nitrogen and oxygen atoms in total. The monoisotopic (exact) mass is 330 g/mol. The van der Waals surface area contributed by atoms with Crippen molar-refractivity contribution in [3.05, 3.63) is 72.3 Å². The molecule has 4 rings (SSSR count). The molecule has 3 N–H and O–H groups in total. The van der Waals surface area contributed by atoms with E-state index in [0.717, 1.165) is 16.9 Å². The number of fused-ring (bicyclic) bond motifs is 1. The molecule has 0 atom stereocenters. The van der Waals surface area contributed by atoms with Gasteiger partial charge in [-0.05, 0) is 30.7 Å². The highest BCUT2D eigenvalue weighted by molar-refractivity contribution is 5.80. The first-order valence-electron chi connectivity index (χ1n) is 8.03. The van der Waals surface area contributed by atoms with Crippen LogP contribution in [-0.4, -0.2) is 19.5 Å². The summed E-state index contributed by atoms with van der Waals surface area (Å²) in [5.41, 5.74) is 10.7. The van der Waals surface area contributed by atoms with Gasteiger partial charge in [-0.3, -0.25) is 9.55 Å². The molecule has 25 heavy (non-hydrogen) atoms. The van der Waals surface area contributed by atoms with Gasteiger partial charge in [0.2, 0.25) is 0 Å². The summed E-state index contributed by atoms with van der Waals surface area (Å²) < 4.78 is 1.90. The van der Waals surface area contributed by atoms with Gasteiger partial charge in [-0.15, -0.1) is 0 Å². The fourth-order valence-corrected chi connectivity index (χ4v) is 2.78. The fourth-order valence-electron chi connectivity index (χ4n) is 2.78. The Morgan fingerprint density at radius 2 is 2.04 bits per heavy atom. The predicted molar refractivity (Wildman–Crippen MR) is 99.6 cm³/mol. The molecule has 0 radical (unpaired) electrons. The minimum absolute atomic E-state index is 0.692. The molecule has 0 unspecified atom stereocenters. The van der Waals surface area contributed by atoms with Gasteiger partial charge in [-0.2, -0.15) is 0 Å². The summed E-state index contributed by atoms with van der Waals surface area (Å²) >= 11 is 0. The second kappa shape index (κ2) is 6.24. The van der Waals surface area contributed by atoms with Crippen molar-refractivity contribution >= 4 is 22.5 Å². The van der Waals surface area contributed by atoms with Crippen molar-refractivity contribution in [2.24, 2.45) is 0 Å². The summed E-state index contributed by atoms with van der Waals surface area (Å²) in [7, 11) is 0. The van der Waals surface area contributed by atoms with Crippen molar-refractivity contribution in [2.75, 3.05) is 11.1 Å². The summed E-state index contributed by atoms with van der Waals surface area (Å²) in [6.07, 6.45) is 5.17. The maximum Gasteiger partial charge on any atom is 0.159 e. The largest absolute Gasteiger partial charge is 0.399 e. The highest BCUT2D eigenvalue weighted by Crippen LogP contribution is 2.19. The van der Waals surface area contributed by atoms with Crippen LogP contribution >= 0.6 is 0 Å². The third-order valence-electron chi connectivity index (χ3n) is 4.00. The molecule has 2 aromatic carbocycles. The average Bonchev–Trinajstić information content (AvgIpc) is 3.03. The van der Waals surface area contributed by atoms with Crippen molar-refractivity contribution in [3.8, 4) is 5.82 Å². The third kappa shape index (κ3) is 3.14. The zero-order valence-electron chi connectivity index (χ0n) is 13.8. The second-order valence-electron chi connectivity index (χ2n) is 5.97. The zero-order valence-corrected chi connectivity index (χ0v) is 13.8. The molecule has 0 aliphatic carbocycles. The van der Waals surface area contributed by atoms with Gasteiger partial charge < -0.3 is 11.1 Å². The lowest BCUT2D eigenvalue weighted by atomic mass is 10.1. The van der Waals surface area contributed by atoms with Crippen LogP contribution < -0.4 is 11.1 Å². The summed E-state index contributed by atoms with van der Waals surface area (Å²) in [5.74, 6) is 1.43. The van der Waals surface area contributed by atoms with Crippen LogP contribution in [-0.2, 0) is 6.54 Å². The van der Waals surface area contributed by atoms with E-state index in [0.29, 0.717) is 18.1 Å². The minimum Gasteiger partial charge on any atom is -0.399 e. The molecule has 0 saturated heterocycles. The number of rotatable bonds is 4. The first-order chi connectivity index (χ1) is 12.2. The van der Waals surface area contributed by atoms with E-state index in [2.05, 4.69) is 51.5 Å². The lowest BCUT2D eigenvalue weighted by molar-refractivity contribution is 0.983. The van der Waals surface area contributed by atoms with Crippen molar-refractivity contribution in [1.82, 2.24) is 19.5 Å². The number of nitrogens with zero attached hydrogens (tertiary/aromatic N) is 4. The van der Waals surface area contributed by atoms with Crippen LogP contribution in [0.1, 0.15) is 11.1 Å². The van der Waals surface area contributed by atoms with Gasteiger partial charge in [-0.25, -0.2) is 9.97 Å². The molecule has 0 fully saturated rings. The Hall–Kier alpha value is -3.41. The Morgan fingerprint density at radius 1 is 1.12 bits per heavy atom. The number of anilines is 2. The summed E-state index contributed by atoms with van der Waals surface area (Å²) in [6.45, 7) is 2.78. The van der Waals surface area contributed by atoms with Gasteiger partial charge in [0.25, 0.3) is 0 Å². The van der Waals surface area contributed by atoms with Gasteiger partial charge in [0, 0.05) is 12.2 Å². The Morgan fingerprint density at radius 3 is 2.92 bits per heavy atom. The van der Waals surface area contributed by atoms with Gasteiger partial charge in [0.1, 0.15) is 12.1 Å². The first kappa shape index (κ1) is 15.1. The number of benzene rings is 2.